The Morgan fingerprint density at radius 3 is 2.56 bits per heavy atom. The molecule has 2 rings (SSSR count). The molecule has 2 N–H and O–H groups in total. The van der Waals surface area contributed by atoms with Gasteiger partial charge in [-0.2, -0.15) is 13.2 Å². The number of rotatable bonds is 4. The van der Waals surface area contributed by atoms with Crippen LogP contribution in [0.2, 0.25) is 0 Å². The van der Waals surface area contributed by atoms with Gasteiger partial charge in [-0.15, -0.1) is 0 Å². The molecule has 0 aliphatic carbocycles. The number of halogens is 3. The molecule has 0 atom stereocenters. The minimum atomic E-state index is -4.57. The Morgan fingerprint density at radius 1 is 1.11 bits per heavy atom. The molecular weight excluding hydrogens is 361 g/mol. The van der Waals surface area contributed by atoms with E-state index in [1.54, 1.807) is 0 Å². The van der Waals surface area contributed by atoms with Gasteiger partial charge in [-0.05, 0) is 42.7 Å². The number of furan rings is 1. The summed E-state index contributed by atoms with van der Waals surface area (Å²) in [4.78, 5) is 23.9. The molecule has 1 heterocycles. The molecule has 27 heavy (non-hydrogen) atoms. The first-order chi connectivity index (χ1) is 12.8. The summed E-state index contributed by atoms with van der Waals surface area (Å²) in [7, 11) is 0. The SMILES string of the molecule is CCCCC#Cc1ccc(C(=O)NNC(=O)c2cccc(C(F)(F)F)c2)o1. The second kappa shape index (κ2) is 8.94. The van der Waals surface area contributed by atoms with Gasteiger partial charge in [-0.25, -0.2) is 0 Å². The maximum atomic E-state index is 12.7. The summed E-state index contributed by atoms with van der Waals surface area (Å²) >= 11 is 0. The molecule has 142 valence electrons. The second-order valence-electron chi connectivity index (χ2n) is 5.56. The van der Waals surface area contributed by atoms with Crippen LogP contribution in [0.3, 0.4) is 0 Å². The van der Waals surface area contributed by atoms with Crippen molar-refractivity contribution in [3.05, 3.63) is 59.0 Å². The van der Waals surface area contributed by atoms with Crippen molar-refractivity contribution in [2.45, 2.75) is 32.4 Å². The molecule has 0 aliphatic rings. The fraction of sp³-hybridized carbons (Fsp3) is 0.263. The van der Waals surface area contributed by atoms with Crippen LogP contribution in [0.25, 0.3) is 0 Å². The molecule has 5 nitrogen and oxygen atoms in total. The number of hydrogen-bond donors (Lipinski definition) is 2. The largest absolute Gasteiger partial charge is 0.443 e. The zero-order chi connectivity index (χ0) is 19.9. The third kappa shape index (κ3) is 5.92. The van der Waals surface area contributed by atoms with Gasteiger partial charge in [-0.3, -0.25) is 20.4 Å². The number of carbonyl (C=O) groups excluding carboxylic acids is 2. The Kier molecular flexibility index (Phi) is 6.66. The molecule has 1 aromatic heterocycles. The van der Waals surface area contributed by atoms with Gasteiger partial charge in [0, 0.05) is 12.0 Å². The van der Waals surface area contributed by atoms with E-state index in [0.717, 1.165) is 25.0 Å². The molecule has 0 radical (unpaired) electrons. The number of benzene rings is 1. The fourth-order valence-corrected chi connectivity index (χ4v) is 2.03. The van der Waals surface area contributed by atoms with Gasteiger partial charge < -0.3 is 4.42 Å². The molecule has 0 bridgehead atoms. The van der Waals surface area contributed by atoms with E-state index >= 15 is 0 Å². The summed E-state index contributed by atoms with van der Waals surface area (Å²) in [5.74, 6) is 4.26. The summed E-state index contributed by atoms with van der Waals surface area (Å²) in [6.45, 7) is 2.05. The first-order valence-electron chi connectivity index (χ1n) is 8.18. The van der Waals surface area contributed by atoms with Crippen LogP contribution >= 0.6 is 0 Å². The van der Waals surface area contributed by atoms with Crippen LogP contribution in [0.5, 0.6) is 0 Å². The monoisotopic (exact) mass is 378 g/mol. The van der Waals surface area contributed by atoms with Crippen molar-refractivity contribution in [2.75, 3.05) is 0 Å². The van der Waals surface area contributed by atoms with Crippen molar-refractivity contribution in [3.63, 3.8) is 0 Å². The van der Waals surface area contributed by atoms with E-state index in [2.05, 4.69) is 17.3 Å². The van der Waals surface area contributed by atoms with Gasteiger partial charge in [-0.1, -0.05) is 25.3 Å². The van der Waals surface area contributed by atoms with Gasteiger partial charge in [0.15, 0.2) is 11.5 Å². The number of hydrazine groups is 1. The standard InChI is InChI=1S/C19H17F3N2O3/c1-2-3-4-5-9-15-10-11-16(27-15)18(26)24-23-17(25)13-7-6-8-14(12-13)19(20,21)22/h6-8,10-12H,2-4H2,1H3,(H,23,25)(H,24,26). The molecule has 0 saturated heterocycles. The maximum Gasteiger partial charge on any atom is 0.416 e. The number of hydrogen-bond acceptors (Lipinski definition) is 3. The normalized spacial score (nSPS) is 10.7. The van der Waals surface area contributed by atoms with Gasteiger partial charge in [0.2, 0.25) is 0 Å². The van der Waals surface area contributed by atoms with Gasteiger partial charge in [0.1, 0.15) is 0 Å². The van der Waals surface area contributed by atoms with Gasteiger partial charge in [0.25, 0.3) is 5.91 Å². The van der Waals surface area contributed by atoms with Crippen molar-refractivity contribution in [1.82, 2.24) is 10.9 Å². The lowest BCUT2D eigenvalue weighted by Gasteiger charge is -2.09. The van der Waals surface area contributed by atoms with Crippen LogP contribution in [0.4, 0.5) is 13.2 Å². The van der Waals surface area contributed by atoms with Crippen LogP contribution in [0.1, 0.15) is 58.4 Å². The topological polar surface area (TPSA) is 71.3 Å². The molecule has 0 aliphatic heterocycles. The number of alkyl halides is 3. The highest BCUT2D eigenvalue weighted by atomic mass is 19.4. The Bertz CT molecular complexity index is 876. The van der Waals surface area contributed by atoms with E-state index in [1.807, 2.05) is 12.3 Å². The van der Waals surface area contributed by atoms with Crippen LogP contribution in [0, 0.1) is 11.8 Å². The molecule has 2 amide bonds. The summed E-state index contributed by atoms with van der Waals surface area (Å²) in [6, 6.07) is 6.75. The molecule has 8 heteroatoms. The lowest BCUT2D eigenvalue weighted by molar-refractivity contribution is -0.137. The molecule has 0 saturated carbocycles. The zero-order valence-electron chi connectivity index (χ0n) is 14.4. The molecule has 0 spiro atoms. The summed E-state index contributed by atoms with van der Waals surface area (Å²) in [5.41, 5.74) is 2.92. The summed E-state index contributed by atoms with van der Waals surface area (Å²) < 4.78 is 43.3. The Hall–Kier alpha value is -3.21. The van der Waals surface area contributed by atoms with Crippen molar-refractivity contribution < 1.29 is 27.2 Å². The lowest BCUT2D eigenvalue weighted by Crippen LogP contribution is -2.41. The first-order valence-corrected chi connectivity index (χ1v) is 8.18. The highest BCUT2D eigenvalue weighted by molar-refractivity contribution is 5.98. The fourth-order valence-electron chi connectivity index (χ4n) is 2.03. The Labute approximate surface area is 153 Å². The van der Waals surface area contributed by atoms with Gasteiger partial charge >= 0.3 is 12.1 Å². The third-order valence-electron chi connectivity index (χ3n) is 3.44. The molecule has 1 aromatic carbocycles. The van der Waals surface area contributed by atoms with E-state index in [1.165, 1.54) is 18.2 Å². The van der Waals surface area contributed by atoms with Gasteiger partial charge in [0.05, 0.1) is 5.56 Å². The zero-order valence-corrected chi connectivity index (χ0v) is 14.4. The summed E-state index contributed by atoms with van der Waals surface area (Å²) in [6.07, 6.45) is -1.87. The Balaban J connectivity index is 1.94. The maximum absolute atomic E-state index is 12.7. The minimum absolute atomic E-state index is 0.0841. The average Bonchev–Trinajstić information content (AvgIpc) is 3.11. The number of unbranched alkanes of at least 4 members (excludes halogenated alkanes) is 2. The molecule has 2 aromatic rings. The van der Waals surface area contributed by atoms with Crippen LogP contribution in [0.15, 0.2) is 40.8 Å². The number of nitrogens with one attached hydrogen (secondary N) is 2. The van der Waals surface area contributed by atoms with E-state index in [-0.39, 0.29) is 11.3 Å². The van der Waals surface area contributed by atoms with Crippen LogP contribution in [-0.2, 0) is 6.18 Å². The average molecular weight is 378 g/mol. The molecule has 0 fully saturated rings. The van der Waals surface area contributed by atoms with Crippen molar-refractivity contribution in [3.8, 4) is 11.8 Å². The van der Waals surface area contributed by atoms with Crippen LogP contribution in [-0.4, -0.2) is 11.8 Å². The highest BCUT2D eigenvalue weighted by Gasteiger charge is 2.30. The number of carbonyl (C=O) groups is 2. The highest BCUT2D eigenvalue weighted by Crippen LogP contribution is 2.29. The predicted octanol–water partition coefficient (Wildman–Crippen LogP) is 3.91. The minimum Gasteiger partial charge on any atom is -0.443 e. The third-order valence-corrected chi connectivity index (χ3v) is 3.44. The van der Waals surface area contributed by atoms with E-state index in [4.69, 9.17) is 4.42 Å². The van der Waals surface area contributed by atoms with Crippen molar-refractivity contribution in [2.24, 2.45) is 0 Å². The molecule has 0 unspecified atom stereocenters. The van der Waals surface area contributed by atoms with E-state index in [0.29, 0.717) is 18.2 Å². The van der Waals surface area contributed by atoms with Crippen molar-refractivity contribution >= 4 is 11.8 Å². The smallest absolute Gasteiger partial charge is 0.416 e. The second-order valence-corrected chi connectivity index (χ2v) is 5.56. The van der Waals surface area contributed by atoms with E-state index < -0.39 is 23.6 Å². The molecular formula is C19H17F3N2O3. The summed E-state index contributed by atoms with van der Waals surface area (Å²) in [5, 5.41) is 0. The van der Waals surface area contributed by atoms with Crippen LogP contribution < -0.4 is 10.9 Å². The predicted molar refractivity (Wildman–Crippen MR) is 91.5 cm³/mol. The van der Waals surface area contributed by atoms with E-state index in [9.17, 15) is 22.8 Å². The first kappa shape index (κ1) is 20.1. The number of amides is 2. The lowest BCUT2D eigenvalue weighted by atomic mass is 10.1. The van der Waals surface area contributed by atoms with Crippen molar-refractivity contribution in [1.29, 1.82) is 0 Å². The quantitative estimate of drug-likeness (QED) is 0.481. The Morgan fingerprint density at radius 2 is 1.85 bits per heavy atom.